The van der Waals surface area contributed by atoms with E-state index in [1.54, 1.807) is 0 Å². The summed E-state index contributed by atoms with van der Waals surface area (Å²) in [4.78, 5) is 7.29. The zero-order valence-corrected chi connectivity index (χ0v) is 11.4. The number of alkyl halides is 1. The molecule has 90 valence electrons. The van der Waals surface area contributed by atoms with Crippen LogP contribution in [-0.2, 0) is 6.54 Å². The summed E-state index contributed by atoms with van der Waals surface area (Å²) in [6.07, 6.45) is 9.67. The van der Waals surface area contributed by atoms with E-state index in [0.29, 0.717) is 0 Å². The summed E-state index contributed by atoms with van der Waals surface area (Å²) in [6.45, 7) is 3.52. The normalized spacial score (nSPS) is 24.7. The van der Waals surface area contributed by atoms with Crippen LogP contribution in [0.5, 0.6) is 0 Å². The van der Waals surface area contributed by atoms with Crippen LogP contribution in [0.4, 0.5) is 0 Å². The van der Waals surface area contributed by atoms with Gasteiger partial charge in [0.2, 0.25) is 0 Å². The van der Waals surface area contributed by atoms with Crippen LogP contribution >= 0.6 is 15.9 Å². The zero-order chi connectivity index (χ0) is 11.4. The number of hydrogen-bond donors (Lipinski definition) is 0. The third-order valence-corrected chi connectivity index (χ3v) is 4.01. The molecule has 1 fully saturated rings. The van der Waals surface area contributed by atoms with E-state index >= 15 is 0 Å². The minimum absolute atomic E-state index is 0.789. The second-order valence-electron chi connectivity index (χ2n) is 4.85. The number of aryl methyl sites for hydroxylation is 1. The Morgan fingerprint density at radius 3 is 2.94 bits per heavy atom. The van der Waals surface area contributed by atoms with E-state index in [1.807, 2.05) is 18.7 Å². The molecule has 0 N–H and O–H groups in total. The van der Waals surface area contributed by atoms with Gasteiger partial charge in [-0.25, -0.2) is 4.98 Å². The highest BCUT2D eigenvalue weighted by molar-refractivity contribution is 9.09. The standard InChI is InChI=1S/C12H20BrN3/c1-15(9-11-7-12(13)8-11)4-2-5-16-6-3-14-10-16/h3,6,10-12H,2,4-5,7-9H2,1H3. The SMILES string of the molecule is CN(CCCn1ccnc1)CC1CC(Br)C1. The third-order valence-electron chi connectivity index (χ3n) is 3.26. The van der Waals surface area contributed by atoms with Gasteiger partial charge in [-0.15, -0.1) is 0 Å². The Morgan fingerprint density at radius 2 is 2.31 bits per heavy atom. The Kier molecular flexibility index (Phi) is 4.41. The summed E-state index contributed by atoms with van der Waals surface area (Å²) in [5.41, 5.74) is 0. The number of hydrogen-bond acceptors (Lipinski definition) is 2. The predicted molar refractivity (Wildman–Crippen MR) is 69.8 cm³/mol. The van der Waals surface area contributed by atoms with E-state index in [9.17, 15) is 0 Å². The highest BCUT2D eigenvalue weighted by Crippen LogP contribution is 2.33. The molecule has 0 atom stereocenters. The van der Waals surface area contributed by atoms with Gasteiger partial charge in [-0.1, -0.05) is 15.9 Å². The van der Waals surface area contributed by atoms with Crippen molar-refractivity contribution in [2.45, 2.75) is 30.6 Å². The molecule has 0 aromatic carbocycles. The van der Waals surface area contributed by atoms with Crippen molar-refractivity contribution in [2.75, 3.05) is 20.1 Å². The number of rotatable bonds is 6. The lowest BCUT2D eigenvalue weighted by Gasteiger charge is -2.34. The third kappa shape index (κ3) is 3.59. The number of nitrogens with zero attached hydrogens (tertiary/aromatic N) is 3. The molecule has 1 aromatic heterocycles. The van der Waals surface area contributed by atoms with Crippen molar-refractivity contribution < 1.29 is 0 Å². The lowest BCUT2D eigenvalue weighted by atomic mass is 9.85. The molecule has 1 aromatic rings. The molecule has 0 spiro atoms. The molecule has 0 aliphatic heterocycles. The van der Waals surface area contributed by atoms with Gasteiger partial charge in [0, 0.05) is 30.3 Å². The van der Waals surface area contributed by atoms with Crippen molar-refractivity contribution >= 4 is 15.9 Å². The maximum Gasteiger partial charge on any atom is 0.0945 e. The van der Waals surface area contributed by atoms with Gasteiger partial charge in [0.1, 0.15) is 0 Å². The van der Waals surface area contributed by atoms with Gasteiger partial charge in [0.15, 0.2) is 0 Å². The molecule has 3 nitrogen and oxygen atoms in total. The molecular weight excluding hydrogens is 266 g/mol. The largest absolute Gasteiger partial charge is 0.337 e. The average molecular weight is 286 g/mol. The van der Waals surface area contributed by atoms with Crippen LogP contribution in [0.15, 0.2) is 18.7 Å². The van der Waals surface area contributed by atoms with E-state index in [0.717, 1.165) is 17.3 Å². The fourth-order valence-corrected chi connectivity index (χ4v) is 3.34. The topological polar surface area (TPSA) is 21.1 Å². The molecule has 0 unspecified atom stereocenters. The minimum Gasteiger partial charge on any atom is -0.337 e. The second-order valence-corrected chi connectivity index (χ2v) is 6.15. The summed E-state index contributed by atoms with van der Waals surface area (Å²) < 4.78 is 2.14. The van der Waals surface area contributed by atoms with E-state index in [-0.39, 0.29) is 0 Å². The molecule has 1 aliphatic rings. The summed E-state index contributed by atoms with van der Waals surface area (Å²) >= 11 is 3.64. The molecule has 2 rings (SSSR count). The lowest BCUT2D eigenvalue weighted by Crippen LogP contribution is -2.35. The smallest absolute Gasteiger partial charge is 0.0945 e. The van der Waals surface area contributed by atoms with Gasteiger partial charge in [-0.2, -0.15) is 0 Å². The first-order valence-corrected chi connectivity index (χ1v) is 6.94. The Morgan fingerprint density at radius 1 is 1.50 bits per heavy atom. The maximum absolute atomic E-state index is 4.04. The first-order valence-electron chi connectivity index (χ1n) is 6.02. The van der Waals surface area contributed by atoms with Gasteiger partial charge < -0.3 is 9.47 Å². The molecular formula is C12H20BrN3. The quantitative estimate of drug-likeness (QED) is 0.749. The summed E-state index contributed by atoms with van der Waals surface area (Å²) in [5, 5.41) is 0. The van der Waals surface area contributed by atoms with Gasteiger partial charge in [0.25, 0.3) is 0 Å². The molecule has 16 heavy (non-hydrogen) atoms. The van der Waals surface area contributed by atoms with Crippen LogP contribution in [0, 0.1) is 5.92 Å². The predicted octanol–water partition coefficient (Wildman–Crippen LogP) is 2.38. The van der Waals surface area contributed by atoms with Gasteiger partial charge >= 0.3 is 0 Å². The highest BCUT2D eigenvalue weighted by atomic mass is 79.9. The van der Waals surface area contributed by atoms with Crippen molar-refractivity contribution in [3.8, 4) is 0 Å². The van der Waals surface area contributed by atoms with Crippen LogP contribution in [-0.4, -0.2) is 39.4 Å². The Labute approximate surface area is 106 Å². The Balaban J connectivity index is 1.55. The van der Waals surface area contributed by atoms with Crippen molar-refractivity contribution in [1.82, 2.24) is 14.5 Å². The molecule has 1 heterocycles. The average Bonchev–Trinajstić information content (AvgIpc) is 2.68. The van der Waals surface area contributed by atoms with Crippen LogP contribution in [0.25, 0.3) is 0 Å². The molecule has 1 saturated carbocycles. The lowest BCUT2D eigenvalue weighted by molar-refractivity contribution is 0.210. The number of aromatic nitrogens is 2. The molecule has 0 amide bonds. The number of halogens is 1. The van der Waals surface area contributed by atoms with Crippen molar-refractivity contribution in [3.63, 3.8) is 0 Å². The maximum atomic E-state index is 4.04. The Hall–Kier alpha value is -0.350. The molecule has 0 bridgehead atoms. The summed E-state index contributed by atoms with van der Waals surface area (Å²) in [5.74, 6) is 0.919. The molecule has 4 heteroatoms. The van der Waals surface area contributed by atoms with Gasteiger partial charge in [-0.05, 0) is 38.8 Å². The van der Waals surface area contributed by atoms with Crippen molar-refractivity contribution in [1.29, 1.82) is 0 Å². The highest BCUT2D eigenvalue weighted by Gasteiger charge is 2.27. The van der Waals surface area contributed by atoms with E-state index in [1.165, 1.54) is 32.4 Å². The Bertz CT molecular complexity index is 293. The molecule has 0 saturated heterocycles. The first-order chi connectivity index (χ1) is 7.74. The van der Waals surface area contributed by atoms with Crippen molar-refractivity contribution in [2.24, 2.45) is 5.92 Å². The first kappa shape index (κ1) is 12.1. The second kappa shape index (κ2) is 5.82. The number of imidazole rings is 1. The molecule has 0 radical (unpaired) electrons. The van der Waals surface area contributed by atoms with E-state index in [4.69, 9.17) is 0 Å². The van der Waals surface area contributed by atoms with E-state index < -0.39 is 0 Å². The monoisotopic (exact) mass is 285 g/mol. The fourth-order valence-electron chi connectivity index (χ4n) is 2.28. The van der Waals surface area contributed by atoms with Crippen LogP contribution < -0.4 is 0 Å². The minimum atomic E-state index is 0.789. The van der Waals surface area contributed by atoms with Crippen LogP contribution in [0.2, 0.25) is 0 Å². The van der Waals surface area contributed by atoms with E-state index in [2.05, 4.69) is 37.4 Å². The van der Waals surface area contributed by atoms with Gasteiger partial charge in [-0.3, -0.25) is 0 Å². The van der Waals surface area contributed by atoms with Crippen LogP contribution in [0.1, 0.15) is 19.3 Å². The summed E-state index contributed by atoms with van der Waals surface area (Å²) in [6, 6.07) is 0. The van der Waals surface area contributed by atoms with Gasteiger partial charge in [0.05, 0.1) is 6.33 Å². The zero-order valence-electron chi connectivity index (χ0n) is 9.85. The summed E-state index contributed by atoms with van der Waals surface area (Å²) in [7, 11) is 2.23. The van der Waals surface area contributed by atoms with Crippen molar-refractivity contribution in [3.05, 3.63) is 18.7 Å². The molecule has 1 aliphatic carbocycles. The fraction of sp³-hybridized carbons (Fsp3) is 0.750. The van der Waals surface area contributed by atoms with Crippen LogP contribution in [0.3, 0.4) is 0 Å².